The molecule has 0 spiro atoms. The topological polar surface area (TPSA) is 33.1 Å². The van der Waals surface area contributed by atoms with E-state index in [9.17, 15) is 0 Å². The minimum Gasteiger partial charge on any atom is -0.392 e. The van der Waals surface area contributed by atoms with E-state index in [1.54, 1.807) is 30.5 Å². The Morgan fingerprint density at radius 1 is 1.06 bits per heavy atom. The molecule has 0 saturated heterocycles. The number of aliphatic hydroxyl groups is 1. The van der Waals surface area contributed by atoms with Crippen molar-refractivity contribution in [3.05, 3.63) is 51.1 Å². The normalized spacial score (nSPS) is 10.6. The average molecular weight is 289 g/mol. The van der Waals surface area contributed by atoms with Crippen molar-refractivity contribution in [2.24, 2.45) is 0 Å². The number of rotatable bonds is 2. The van der Waals surface area contributed by atoms with Gasteiger partial charge in [0.1, 0.15) is 0 Å². The van der Waals surface area contributed by atoms with Gasteiger partial charge in [0.15, 0.2) is 0 Å². The molecule has 0 saturated carbocycles. The second-order valence-corrected chi connectivity index (χ2v) is 4.62. The van der Waals surface area contributed by atoms with Crippen molar-refractivity contribution >= 4 is 34.8 Å². The molecule has 5 heteroatoms. The summed E-state index contributed by atoms with van der Waals surface area (Å²) < 4.78 is 0. The molecule has 17 heavy (non-hydrogen) atoms. The minimum atomic E-state index is -0.0642. The highest BCUT2D eigenvalue weighted by molar-refractivity contribution is 6.46. The molecule has 1 N–H and O–H groups in total. The summed E-state index contributed by atoms with van der Waals surface area (Å²) >= 11 is 18.1. The average Bonchev–Trinajstić information content (AvgIpc) is 2.35. The molecule has 0 radical (unpaired) electrons. The van der Waals surface area contributed by atoms with Gasteiger partial charge in [0.25, 0.3) is 0 Å². The molecule has 0 aliphatic carbocycles. The van der Waals surface area contributed by atoms with Gasteiger partial charge in [-0.1, -0.05) is 34.8 Å². The summed E-state index contributed by atoms with van der Waals surface area (Å²) in [4.78, 5) is 4.18. The highest BCUT2D eigenvalue weighted by Crippen LogP contribution is 2.38. The fourth-order valence-corrected chi connectivity index (χ4v) is 2.19. The van der Waals surface area contributed by atoms with Crippen molar-refractivity contribution in [1.82, 2.24) is 4.98 Å². The van der Waals surface area contributed by atoms with E-state index >= 15 is 0 Å². The number of nitrogens with zero attached hydrogens (tertiary/aromatic N) is 1. The molecule has 0 aliphatic rings. The van der Waals surface area contributed by atoms with Gasteiger partial charge in [0.2, 0.25) is 0 Å². The van der Waals surface area contributed by atoms with Crippen molar-refractivity contribution < 1.29 is 5.11 Å². The molecule has 2 nitrogen and oxygen atoms in total. The maximum absolute atomic E-state index is 9.08. The van der Waals surface area contributed by atoms with E-state index in [0.29, 0.717) is 26.3 Å². The number of hydrogen-bond acceptors (Lipinski definition) is 2. The first-order chi connectivity index (χ1) is 8.13. The van der Waals surface area contributed by atoms with Crippen LogP contribution in [0, 0.1) is 0 Å². The summed E-state index contributed by atoms with van der Waals surface area (Å²) in [6.07, 6.45) is 1.59. The third-order valence-corrected chi connectivity index (χ3v) is 3.43. The Kier molecular flexibility index (Phi) is 3.89. The summed E-state index contributed by atoms with van der Waals surface area (Å²) in [6.45, 7) is -0.0642. The van der Waals surface area contributed by atoms with E-state index in [-0.39, 0.29) is 6.61 Å². The van der Waals surface area contributed by atoms with Crippen molar-refractivity contribution in [3.63, 3.8) is 0 Å². The van der Waals surface area contributed by atoms with Gasteiger partial charge < -0.3 is 5.11 Å². The van der Waals surface area contributed by atoms with Crippen LogP contribution in [0.4, 0.5) is 0 Å². The zero-order chi connectivity index (χ0) is 12.4. The zero-order valence-electron chi connectivity index (χ0n) is 8.62. The Morgan fingerprint density at radius 3 is 2.47 bits per heavy atom. The smallest absolute Gasteiger partial charge is 0.0736 e. The Labute approximate surface area is 114 Å². The van der Waals surface area contributed by atoms with Crippen LogP contribution in [0.3, 0.4) is 0 Å². The van der Waals surface area contributed by atoms with Crippen molar-refractivity contribution in [1.29, 1.82) is 0 Å². The summed E-state index contributed by atoms with van der Waals surface area (Å²) in [5.41, 5.74) is 1.91. The third kappa shape index (κ3) is 2.55. The van der Waals surface area contributed by atoms with E-state index < -0.39 is 0 Å². The first-order valence-corrected chi connectivity index (χ1v) is 5.96. The molecule has 0 unspecified atom stereocenters. The van der Waals surface area contributed by atoms with E-state index in [1.807, 2.05) is 0 Å². The van der Waals surface area contributed by atoms with E-state index in [1.165, 1.54) is 0 Å². The Bertz CT molecular complexity index is 557. The molecule has 1 aromatic carbocycles. The van der Waals surface area contributed by atoms with Crippen LogP contribution in [0.5, 0.6) is 0 Å². The van der Waals surface area contributed by atoms with Crippen LogP contribution in [0.2, 0.25) is 15.1 Å². The van der Waals surface area contributed by atoms with Crippen LogP contribution in [0.1, 0.15) is 5.56 Å². The lowest BCUT2D eigenvalue weighted by Crippen LogP contribution is -1.90. The standard InChI is InChI=1S/C12H8Cl3NO/c13-8-1-2-9(14)12(15)11(8)10-5-7(6-17)3-4-16-10/h1-5,17H,6H2. The number of aromatic nitrogens is 1. The van der Waals surface area contributed by atoms with Crippen LogP contribution in [-0.4, -0.2) is 10.1 Å². The van der Waals surface area contributed by atoms with Gasteiger partial charge in [-0.3, -0.25) is 4.98 Å². The molecule has 1 heterocycles. The van der Waals surface area contributed by atoms with Crippen LogP contribution < -0.4 is 0 Å². The quantitative estimate of drug-likeness (QED) is 0.840. The van der Waals surface area contributed by atoms with Gasteiger partial charge in [-0.15, -0.1) is 0 Å². The minimum absolute atomic E-state index is 0.0642. The van der Waals surface area contributed by atoms with Crippen LogP contribution in [0.25, 0.3) is 11.3 Å². The lowest BCUT2D eigenvalue weighted by Gasteiger charge is -2.08. The van der Waals surface area contributed by atoms with Gasteiger partial charge in [0, 0.05) is 11.8 Å². The highest BCUT2D eigenvalue weighted by atomic mass is 35.5. The number of aliphatic hydroxyl groups excluding tert-OH is 1. The number of halogens is 3. The molecule has 2 rings (SSSR count). The van der Waals surface area contributed by atoms with Crippen molar-refractivity contribution in [2.45, 2.75) is 6.61 Å². The second kappa shape index (κ2) is 5.23. The predicted molar refractivity (Wildman–Crippen MR) is 70.6 cm³/mol. The molecule has 0 bridgehead atoms. The molecule has 0 amide bonds. The summed E-state index contributed by atoms with van der Waals surface area (Å²) in [6, 6.07) is 6.74. The predicted octanol–water partition coefficient (Wildman–Crippen LogP) is 4.20. The first kappa shape index (κ1) is 12.7. The van der Waals surface area contributed by atoms with E-state index in [4.69, 9.17) is 39.9 Å². The highest BCUT2D eigenvalue weighted by Gasteiger charge is 2.13. The van der Waals surface area contributed by atoms with Gasteiger partial charge in [-0.25, -0.2) is 0 Å². The number of hydrogen-bond donors (Lipinski definition) is 1. The summed E-state index contributed by atoms with van der Waals surface area (Å²) in [7, 11) is 0. The summed E-state index contributed by atoms with van der Waals surface area (Å²) in [5, 5.41) is 10.3. The van der Waals surface area contributed by atoms with Crippen molar-refractivity contribution in [3.8, 4) is 11.3 Å². The monoisotopic (exact) mass is 287 g/mol. The fourth-order valence-electron chi connectivity index (χ4n) is 1.47. The Hall–Kier alpha value is -0.800. The Balaban J connectivity index is 2.63. The maximum atomic E-state index is 9.08. The molecule has 2 aromatic rings. The lowest BCUT2D eigenvalue weighted by molar-refractivity contribution is 0.282. The lowest BCUT2D eigenvalue weighted by atomic mass is 10.1. The van der Waals surface area contributed by atoms with Crippen molar-refractivity contribution in [2.75, 3.05) is 0 Å². The largest absolute Gasteiger partial charge is 0.392 e. The molecule has 0 atom stereocenters. The van der Waals surface area contributed by atoms with Gasteiger partial charge in [0.05, 0.1) is 27.4 Å². The number of pyridine rings is 1. The van der Waals surface area contributed by atoms with Crippen LogP contribution in [0.15, 0.2) is 30.5 Å². The van der Waals surface area contributed by atoms with Crippen LogP contribution in [-0.2, 0) is 6.61 Å². The molecular formula is C12H8Cl3NO. The van der Waals surface area contributed by atoms with E-state index in [0.717, 1.165) is 5.56 Å². The SMILES string of the molecule is OCc1ccnc(-c2c(Cl)ccc(Cl)c2Cl)c1. The van der Waals surface area contributed by atoms with Gasteiger partial charge in [-0.2, -0.15) is 0 Å². The zero-order valence-corrected chi connectivity index (χ0v) is 10.9. The van der Waals surface area contributed by atoms with Gasteiger partial charge in [-0.05, 0) is 29.8 Å². The van der Waals surface area contributed by atoms with Gasteiger partial charge >= 0.3 is 0 Å². The first-order valence-electron chi connectivity index (χ1n) is 4.83. The maximum Gasteiger partial charge on any atom is 0.0736 e. The molecular weight excluding hydrogens is 280 g/mol. The summed E-state index contributed by atoms with van der Waals surface area (Å²) in [5.74, 6) is 0. The second-order valence-electron chi connectivity index (χ2n) is 3.43. The molecule has 88 valence electrons. The fraction of sp³-hybridized carbons (Fsp3) is 0.0833. The van der Waals surface area contributed by atoms with Crippen LogP contribution >= 0.6 is 34.8 Å². The Morgan fingerprint density at radius 2 is 1.76 bits per heavy atom. The number of benzene rings is 1. The van der Waals surface area contributed by atoms with E-state index in [2.05, 4.69) is 4.98 Å². The molecule has 0 aliphatic heterocycles. The molecule has 0 fully saturated rings. The molecule has 1 aromatic heterocycles. The third-order valence-electron chi connectivity index (χ3n) is 2.31.